The molecule has 3 fully saturated rings. The summed E-state index contributed by atoms with van der Waals surface area (Å²) in [5, 5.41) is 3.50. The van der Waals surface area contributed by atoms with Gasteiger partial charge < -0.3 is 10.2 Å². The first-order valence-electron chi connectivity index (χ1n) is 3.80. The summed E-state index contributed by atoms with van der Waals surface area (Å²) < 4.78 is 0. The molecular weight excluding hydrogens is 112 g/mol. The number of hydrogen-bond acceptors (Lipinski definition) is 2. The standard InChI is InChI=1S/C7H14N2/c1-9-3-2-8-6-4-7(9)5-6/h6-8H,2-5H2,1H3. The minimum Gasteiger partial charge on any atom is -0.313 e. The maximum Gasteiger partial charge on any atom is 0.0122 e. The molecule has 0 aromatic carbocycles. The first-order valence-corrected chi connectivity index (χ1v) is 3.80. The molecule has 2 heteroatoms. The average Bonchev–Trinajstić information content (AvgIpc) is 1.93. The molecular formula is C7H14N2. The van der Waals surface area contributed by atoms with Crippen LogP contribution in [0.3, 0.4) is 0 Å². The van der Waals surface area contributed by atoms with E-state index in [1.165, 1.54) is 25.9 Å². The Morgan fingerprint density at radius 2 is 2.22 bits per heavy atom. The minimum absolute atomic E-state index is 0.861. The van der Waals surface area contributed by atoms with Crippen LogP contribution in [0, 0.1) is 0 Å². The van der Waals surface area contributed by atoms with Crippen molar-refractivity contribution in [3.8, 4) is 0 Å². The molecule has 1 N–H and O–H groups in total. The van der Waals surface area contributed by atoms with E-state index < -0.39 is 0 Å². The van der Waals surface area contributed by atoms with Crippen LogP contribution in [-0.4, -0.2) is 37.1 Å². The zero-order chi connectivity index (χ0) is 6.27. The molecule has 2 nitrogen and oxygen atoms in total. The topological polar surface area (TPSA) is 15.3 Å². The van der Waals surface area contributed by atoms with Gasteiger partial charge in [0.15, 0.2) is 0 Å². The first-order chi connectivity index (χ1) is 4.36. The lowest BCUT2D eigenvalue weighted by atomic mass is 9.87. The Bertz CT molecular complexity index is 105. The van der Waals surface area contributed by atoms with Gasteiger partial charge in [-0.3, -0.25) is 0 Å². The van der Waals surface area contributed by atoms with Crippen LogP contribution in [0.4, 0.5) is 0 Å². The molecule has 0 aromatic rings. The Labute approximate surface area is 56.2 Å². The van der Waals surface area contributed by atoms with Gasteiger partial charge in [0.1, 0.15) is 0 Å². The third-order valence-electron chi connectivity index (χ3n) is 2.63. The van der Waals surface area contributed by atoms with Gasteiger partial charge in [-0.05, 0) is 19.9 Å². The summed E-state index contributed by atoms with van der Waals surface area (Å²) in [4.78, 5) is 2.47. The van der Waals surface area contributed by atoms with Gasteiger partial charge in [0.25, 0.3) is 0 Å². The molecule has 2 saturated heterocycles. The summed E-state index contributed by atoms with van der Waals surface area (Å²) in [7, 11) is 2.23. The Kier molecular flexibility index (Phi) is 1.24. The number of hydrogen-bond donors (Lipinski definition) is 1. The highest BCUT2D eigenvalue weighted by molar-refractivity contribution is 4.93. The molecule has 0 aromatic heterocycles. The van der Waals surface area contributed by atoms with Gasteiger partial charge in [0.2, 0.25) is 0 Å². The van der Waals surface area contributed by atoms with E-state index in [2.05, 4.69) is 17.3 Å². The molecule has 0 atom stereocenters. The molecule has 2 aliphatic heterocycles. The minimum atomic E-state index is 0.861. The summed E-state index contributed by atoms with van der Waals surface area (Å²) in [5.41, 5.74) is 0. The number of fused-ring (bicyclic) bond motifs is 3. The van der Waals surface area contributed by atoms with E-state index in [4.69, 9.17) is 0 Å². The Hall–Kier alpha value is -0.0800. The van der Waals surface area contributed by atoms with E-state index in [0.29, 0.717) is 0 Å². The van der Waals surface area contributed by atoms with Crippen LogP contribution in [-0.2, 0) is 0 Å². The second-order valence-corrected chi connectivity index (χ2v) is 3.26. The summed E-state index contributed by atoms with van der Waals surface area (Å²) in [5.74, 6) is 0. The molecule has 0 amide bonds. The van der Waals surface area contributed by atoms with Crippen molar-refractivity contribution in [2.45, 2.75) is 24.9 Å². The first kappa shape index (κ1) is 5.69. The lowest BCUT2D eigenvalue weighted by Crippen LogP contribution is -2.45. The van der Waals surface area contributed by atoms with Crippen molar-refractivity contribution >= 4 is 0 Å². The highest BCUT2D eigenvalue weighted by atomic mass is 15.2. The molecule has 2 heterocycles. The highest BCUT2D eigenvalue weighted by Gasteiger charge is 2.33. The van der Waals surface area contributed by atoms with E-state index in [-0.39, 0.29) is 0 Å². The van der Waals surface area contributed by atoms with Gasteiger partial charge in [-0.25, -0.2) is 0 Å². The number of nitrogens with one attached hydrogen (secondary N) is 1. The Morgan fingerprint density at radius 1 is 1.44 bits per heavy atom. The maximum atomic E-state index is 3.50. The third kappa shape index (κ3) is 0.864. The van der Waals surface area contributed by atoms with Crippen LogP contribution in [0.25, 0.3) is 0 Å². The van der Waals surface area contributed by atoms with Gasteiger partial charge in [-0.1, -0.05) is 0 Å². The predicted octanol–water partition coefficient (Wildman–Crippen LogP) is 0.0524. The second kappa shape index (κ2) is 1.96. The average molecular weight is 126 g/mol. The quantitative estimate of drug-likeness (QED) is 0.493. The van der Waals surface area contributed by atoms with E-state index in [1.807, 2.05) is 0 Å². The predicted molar refractivity (Wildman–Crippen MR) is 37.4 cm³/mol. The SMILES string of the molecule is CN1CCNC2CC1C2. The molecule has 0 radical (unpaired) electrons. The van der Waals surface area contributed by atoms with Gasteiger partial charge in [-0.2, -0.15) is 0 Å². The molecule has 9 heavy (non-hydrogen) atoms. The van der Waals surface area contributed by atoms with Crippen molar-refractivity contribution < 1.29 is 0 Å². The third-order valence-corrected chi connectivity index (χ3v) is 2.63. The summed E-state index contributed by atoms with van der Waals surface area (Å²) in [6.07, 6.45) is 2.77. The van der Waals surface area contributed by atoms with Gasteiger partial charge in [0, 0.05) is 25.2 Å². The Balaban J connectivity index is 1.99. The maximum absolute atomic E-state index is 3.50. The lowest BCUT2D eigenvalue weighted by Gasteiger charge is -2.37. The highest BCUT2D eigenvalue weighted by Crippen LogP contribution is 2.26. The van der Waals surface area contributed by atoms with Crippen molar-refractivity contribution in [2.75, 3.05) is 20.1 Å². The van der Waals surface area contributed by atoms with Crippen molar-refractivity contribution in [1.29, 1.82) is 0 Å². The van der Waals surface area contributed by atoms with Crippen molar-refractivity contribution in [3.05, 3.63) is 0 Å². The van der Waals surface area contributed by atoms with E-state index in [9.17, 15) is 0 Å². The van der Waals surface area contributed by atoms with Gasteiger partial charge in [-0.15, -0.1) is 0 Å². The fourth-order valence-corrected chi connectivity index (χ4v) is 1.74. The van der Waals surface area contributed by atoms with Crippen LogP contribution >= 0.6 is 0 Å². The molecule has 0 unspecified atom stereocenters. The van der Waals surface area contributed by atoms with E-state index >= 15 is 0 Å². The molecule has 1 aliphatic carbocycles. The molecule has 2 bridgehead atoms. The van der Waals surface area contributed by atoms with Gasteiger partial charge in [0.05, 0.1) is 0 Å². The second-order valence-electron chi connectivity index (χ2n) is 3.26. The summed E-state index contributed by atoms with van der Waals surface area (Å²) in [6, 6.07) is 1.77. The molecule has 52 valence electrons. The van der Waals surface area contributed by atoms with E-state index in [1.54, 1.807) is 0 Å². The monoisotopic (exact) mass is 126 g/mol. The zero-order valence-corrected chi connectivity index (χ0v) is 5.93. The number of rotatable bonds is 0. The van der Waals surface area contributed by atoms with Gasteiger partial charge >= 0.3 is 0 Å². The largest absolute Gasteiger partial charge is 0.313 e. The van der Waals surface area contributed by atoms with Crippen molar-refractivity contribution in [1.82, 2.24) is 10.2 Å². The van der Waals surface area contributed by atoms with Crippen molar-refractivity contribution in [2.24, 2.45) is 0 Å². The fourth-order valence-electron chi connectivity index (χ4n) is 1.74. The molecule has 1 saturated carbocycles. The Morgan fingerprint density at radius 3 is 3.00 bits per heavy atom. The molecule has 0 spiro atoms. The molecule has 3 aliphatic rings. The lowest BCUT2D eigenvalue weighted by molar-refractivity contribution is 0.165. The summed E-state index contributed by atoms with van der Waals surface area (Å²) in [6.45, 7) is 2.43. The number of likely N-dealkylation sites (N-methyl/N-ethyl adjacent to an activating group) is 1. The van der Waals surface area contributed by atoms with E-state index in [0.717, 1.165) is 12.1 Å². The van der Waals surface area contributed by atoms with Crippen LogP contribution in [0.15, 0.2) is 0 Å². The normalized spacial score (nSPS) is 43.7. The van der Waals surface area contributed by atoms with Crippen LogP contribution in [0.2, 0.25) is 0 Å². The smallest absolute Gasteiger partial charge is 0.0122 e. The fraction of sp³-hybridized carbons (Fsp3) is 1.00. The zero-order valence-electron chi connectivity index (χ0n) is 5.93. The summed E-state index contributed by atoms with van der Waals surface area (Å²) >= 11 is 0. The van der Waals surface area contributed by atoms with Crippen molar-refractivity contribution in [3.63, 3.8) is 0 Å². The molecule has 3 rings (SSSR count). The van der Waals surface area contributed by atoms with Crippen LogP contribution in [0.5, 0.6) is 0 Å². The number of nitrogens with zero attached hydrogens (tertiary/aromatic N) is 1. The van der Waals surface area contributed by atoms with Crippen LogP contribution in [0.1, 0.15) is 12.8 Å². The van der Waals surface area contributed by atoms with Crippen LogP contribution < -0.4 is 5.32 Å².